The molecular weight excluding hydrogens is 280 g/mol. The summed E-state index contributed by atoms with van der Waals surface area (Å²) in [5, 5.41) is 7.77. The van der Waals surface area contributed by atoms with Crippen molar-refractivity contribution in [1.29, 1.82) is 0 Å². The van der Waals surface area contributed by atoms with Gasteiger partial charge in [0.15, 0.2) is 5.76 Å². The maximum Gasteiger partial charge on any atom is 0.150 e. The van der Waals surface area contributed by atoms with Crippen LogP contribution in [0.15, 0.2) is 35.1 Å². The highest BCUT2D eigenvalue weighted by Crippen LogP contribution is 2.23. The predicted molar refractivity (Wildman–Crippen MR) is 82.2 cm³/mol. The molecule has 2 aromatic rings. The SMILES string of the molecule is CN(C)Cc1cc(CC2(NCc3cccnc3)COC2)no1. The maximum absolute atomic E-state index is 5.43. The van der Waals surface area contributed by atoms with Crippen LogP contribution in [0.3, 0.4) is 0 Å². The molecule has 1 aliphatic heterocycles. The van der Waals surface area contributed by atoms with Crippen LogP contribution in [-0.2, 0) is 24.2 Å². The fourth-order valence-corrected chi connectivity index (χ4v) is 2.58. The first-order valence-corrected chi connectivity index (χ1v) is 7.46. The Morgan fingerprint density at radius 1 is 1.36 bits per heavy atom. The fourth-order valence-electron chi connectivity index (χ4n) is 2.58. The number of nitrogens with one attached hydrogen (secondary N) is 1. The van der Waals surface area contributed by atoms with Crippen LogP contribution >= 0.6 is 0 Å². The van der Waals surface area contributed by atoms with Crippen LogP contribution in [0.5, 0.6) is 0 Å². The van der Waals surface area contributed by atoms with Gasteiger partial charge in [-0.15, -0.1) is 0 Å². The van der Waals surface area contributed by atoms with Gasteiger partial charge >= 0.3 is 0 Å². The van der Waals surface area contributed by atoms with Gasteiger partial charge in [-0.3, -0.25) is 4.98 Å². The summed E-state index contributed by atoms with van der Waals surface area (Å²) < 4.78 is 10.8. The van der Waals surface area contributed by atoms with Crippen molar-refractivity contribution in [2.24, 2.45) is 0 Å². The second-order valence-electron chi connectivity index (χ2n) is 6.19. The number of nitrogens with zero attached hydrogens (tertiary/aromatic N) is 3. The van der Waals surface area contributed by atoms with Crippen molar-refractivity contribution in [3.8, 4) is 0 Å². The van der Waals surface area contributed by atoms with Crippen LogP contribution in [0.1, 0.15) is 17.0 Å². The first kappa shape index (κ1) is 15.1. The first-order chi connectivity index (χ1) is 10.7. The third kappa shape index (κ3) is 3.71. The van der Waals surface area contributed by atoms with E-state index in [0.29, 0.717) is 13.2 Å². The zero-order valence-electron chi connectivity index (χ0n) is 13.1. The molecule has 22 heavy (non-hydrogen) atoms. The number of rotatable bonds is 7. The fraction of sp³-hybridized carbons (Fsp3) is 0.500. The summed E-state index contributed by atoms with van der Waals surface area (Å²) in [5.74, 6) is 0.891. The Hall–Kier alpha value is -1.76. The van der Waals surface area contributed by atoms with E-state index >= 15 is 0 Å². The third-order valence-corrected chi connectivity index (χ3v) is 3.75. The van der Waals surface area contributed by atoms with E-state index in [4.69, 9.17) is 9.26 Å². The van der Waals surface area contributed by atoms with Gasteiger partial charge in [0.05, 0.1) is 31.0 Å². The third-order valence-electron chi connectivity index (χ3n) is 3.75. The number of hydrogen-bond donors (Lipinski definition) is 1. The largest absolute Gasteiger partial charge is 0.377 e. The lowest BCUT2D eigenvalue weighted by Gasteiger charge is -2.42. The van der Waals surface area contributed by atoms with Gasteiger partial charge in [0.2, 0.25) is 0 Å². The summed E-state index contributed by atoms with van der Waals surface area (Å²) in [6.07, 6.45) is 4.48. The summed E-state index contributed by atoms with van der Waals surface area (Å²) in [6, 6.07) is 6.05. The Morgan fingerprint density at radius 3 is 2.86 bits per heavy atom. The van der Waals surface area contributed by atoms with Crippen LogP contribution in [-0.4, -0.2) is 47.9 Å². The summed E-state index contributed by atoms with van der Waals surface area (Å²) in [5.41, 5.74) is 2.09. The van der Waals surface area contributed by atoms with E-state index in [0.717, 1.165) is 31.0 Å². The smallest absolute Gasteiger partial charge is 0.150 e. The molecule has 0 bridgehead atoms. The van der Waals surface area contributed by atoms with Crippen molar-refractivity contribution < 1.29 is 9.26 Å². The van der Waals surface area contributed by atoms with Gasteiger partial charge in [-0.1, -0.05) is 11.2 Å². The van der Waals surface area contributed by atoms with Gasteiger partial charge < -0.3 is 19.5 Å². The number of ether oxygens (including phenoxy) is 1. The lowest BCUT2D eigenvalue weighted by Crippen LogP contribution is -2.61. The van der Waals surface area contributed by atoms with Crippen LogP contribution in [0.4, 0.5) is 0 Å². The molecule has 1 N–H and O–H groups in total. The molecule has 3 heterocycles. The molecule has 0 aliphatic carbocycles. The monoisotopic (exact) mass is 302 g/mol. The minimum Gasteiger partial charge on any atom is -0.377 e. The van der Waals surface area contributed by atoms with E-state index in [-0.39, 0.29) is 5.54 Å². The van der Waals surface area contributed by atoms with E-state index in [2.05, 4.69) is 26.4 Å². The highest BCUT2D eigenvalue weighted by atomic mass is 16.5. The topological polar surface area (TPSA) is 63.4 Å². The van der Waals surface area contributed by atoms with Gasteiger partial charge in [0.1, 0.15) is 0 Å². The maximum atomic E-state index is 5.43. The molecule has 0 saturated carbocycles. The number of pyridine rings is 1. The predicted octanol–water partition coefficient (Wildman–Crippen LogP) is 1.23. The molecular formula is C16H22N4O2. The van der Waals surface area contributed by atoms with Crippen molar-refractivity contribution in [2.45, 2.75) is 25.0 Å². The molecule has 0 spiro atoms. The van der Waals surface area contributed by atoms with Crippen molar-refractivity contribution in [3.63, 3.8) is 0 Å². The summed E-state index contributed by atoms with van der Waals surface area (Å²) in [4.78, 5) is 6.20. The second kappa shape index (κ2) is 6.56. The van der Waals surface area contributed by atoms with E-state index in [1.54, 1.807) is 6.20 Å². The van der Waals surface area contributed by atoms with Crippen molar-refractivity contribution in [1.82, 2.24) is 20.4 Å². The Balaban J connectivity index is 1.60. The lowest BCUT2D eigenvalue weighted by atomic mass is 9.91. The molecule has 1 aliphatic rings. The number of aromatic nitrogens is 2. The molecule has 6 heteroatoms. The molecule has 1 saturated heterocycles. The van der Waals surface area contributed by atoms with E-state index in [1.807, 2.05) is 32.4 Å². The molecule has 0 aromatic carbocycles. The zero-order chi connectivity index (χ0) is 15.4. The summed E-state index contributed by atoms with van der Waals surface area (Å²) in [6.45, 7) is 2.94. The van der Waals surface area contributed by atoms with Crippen LogP contribution < -0.4 is 5.32 Å². The van der Waals surface area contributed by atoms with Crippen LogP contribution in [0.25, 0.3) is 0 Å². The Bertz CT molecular complexity index is 593. The second-order valence-corrected chi connectivity index (χ2v) is 6.19. The molecule has 118 valence electrons. The van der Waals surface area contributed by atoms with E-state index in [9.17, 15) is 0 Å². The Labute approximate surface area is 130 Å². The summed E-state index contributed by atoms with van der Waals surface area (Å²) >= 11 is 0. The lowest BCUT2D eigenvalue weighted by molar-refractivity contribution is -0.0755. The molecule has 3 rings (SSSR count). The minimum atomic E-state index is -0.0535. The first-order valence-electron chi connectivity index (χ1n) is 7.46. The molecule has 1 fully saturated rings. The van der Waals surface area contributed by atoms with Crippen LogP contribution in [0.2, 0.25) is 0 Å². The van der Waals surface area contributed by atoms with Crippen molar-refractivity contribution in [3.05, 3.63) is 47.6 Å². The molecule has 2 aromatic heterocycles. The van der Waals surface area contributed by atoms with Gasteiger partial charge in [-0.2, -0.15) is 0 Å². The van der Waals surface area contributed by atoms with E-state index in [1.165, 1.54) is 5.56 Å². The standard InChI is InChI=1S/C16H22N4O2/c1-20(2)10-15-6-14(19-22-15)7-16(11-21-12-16)18-9-13-4-3-5-17-8-13/h3-6,8,18H,7,9-12H2,1-2H3. The van der Waals surface area contributed by atoms with Gasteiger partial charge in [-0.05, 0) is 25.7 Å². The molecule has 0 atom stereocenters. The van der Waals surface area contributed by atoms with Gasteiger partial charge in [0, 0.05) is 31.4 Å². The van der Waals surface area contributed by atoms with Gasteiger partial charge in [-0.25, -0.2) is 0 Å². The molecule has 0 radical (unpaired) electrons. The Morgan fingerprint density at radius 2 is 2.23 bits per heavy atom. The normalized spacial score (nSPS) is 16.7. The van der Waals surface area contributed by atoms with Crippen molar-refractivity contribution >= 4 is 0 Å². The average Bonchev–Trinajstić information content (AvgIpc) is 2.89. The van der Waals surface area contributed by atoms with Crippen LogP contribution in [0, 0.1) is 0 Å². The zero-order valence-corrected chi connectivity index (χ0v) is 13.1. The average molecular weight is 302 g/mol. The van der Waals surface area contributed by atoms with Crippen molar-refractivity contribution in [2.75, 3.05) is 27.3 Å². The molecule has 0 amide bonds. The highest BCUT2D eigenvalue weighted by molar-refractivity contribution is 5.14. The summed E-state index contributed by atoms with van der Waals surface area (Å²) in [7, 11) is 4.03. The highest BCUT2D eigenvalue weighted by Gasteiger charge is 2.39. The van der Waals surface area contributed by atoms with E-state index < -0.39 is 0 Å². The van der Waals surface area contributed by atoms with Gasteiger partial charge in [0.25, 0.3) is 0 Å². The quantitative estimate of drug-likeness (QED) is 0.830. The number of hydrogen-bond acceptors (Lipinski definition) is 6. The molecule has 0 unspecified atom stereocenters. The molecule has 6 nitrogen and oxygen atoms in total. The Kier molecular flexibility index (Phi) is 4.52. The minimum absolute atomic E-state index is 0.0535.